The first kappa shape index (κ1) is 18.8. The molecule has 1 spiro atoms. The van der Waals surface area contributed by atoms with E-state index in [1.54, 1.807) is 13.0 Å². The van der Waals surface area contributed by atoms with E-state index in [9.17, 15) is 4.79 Å². The number of carbonyl (C=O) groups is 1. The number of ether oxygens (including phenoxy) is 2. The molecule has 1 N–H and O–H groups in total. The Balaban J connectivity index is 1.50. The topological polar surface area (TPSA) is 76.6 Å². The predicted molar refractivity (Wildman–Crippen MR) is 106 cm³/mol. The summed E-state index contributed by atoms with van der Waals surface area (Å²) < 4.78 is 11.5. The first-order valence-electron chi connectivity index (χ1n) is 9.86. The molecule has 0 saturated carbocycles. The van der Waals surface area contributed by atoms with Crippen LogP contribution >= 0.6 is 0 Å². The van der Waals surface area contributed by atoms with Crippen molar-refractivity contribution < 1.29 is 14.3 Å². The maximum atomic E-state index is 13.0. The van der Waals surface area contributed by atoms with Crippen molar-refractivity contribution in [2.75, 3.05) is 31.6 Å². The number of piperidine rings is 1. The van der Waals surface area contributed by atoms with Crippen LogP contribution in [0.1, 0.15) is 41.6 Å². The highest BCUT2D eigenvalue weighted by molar-refractivity contribution is 5.93. The number of carbonyl (C=O) groups excluding carboxylic acids is 1. The SMILES string of the molecule is CCc1ccccc1Nc1cc(C(=O)N2CCC3(CC2)OCCO3)nc(C)n1. The lowest BCUT2D eigenvalue weighted by molar-refractivity contribution is -0.181. The van der Waals surface area contributed by atoms with Gasteiger partial charge in [0, 0.05) is 37.7 Å². The molecule has 3 heterocycles. The fourth-order valence-electron chi connectivity index (χ4n) is 3.83. The third-order valence-electron chi connectivity index (χ3n) is 5.34. The largest absolute Gasteiger partial charge is 0.347 e. The lowest BCUT2D eigenvalue weighted by Crippen LogP contribution is -2.47. The second-order valence-corrected chi connectivity index (χ2v) is 7.22. The van der Waals surface area contributed by atoms with Gasteiger partial charge in [-0.05, 0) is 25.0 Å². The Morgan fingerprint density at radius 1 is 1.18 bits per heavy atom. The molecule has 4 rings (SSSR count). The summed E-state index contributed by atoms with van der Waals surface area (Å²) in [6.45, 7) is 6.38. The van der Waals surface area contributed by atoms with Gasteiger partial charge in [0.15, 0.2) is 5.79 Å². The quantitative estimate of drug-likeness (QED) is 0.876. The first-order chi connectivity index (χ1) is 13.6. The molecule has 148 valence electrons. The van der Waals surface area contributed by atoms with Crippen LogP contribution in [0.5, 0.6) is 0 Å². The van der Waals surface area contributed by atoms with E-state index < -0.39 is 5.79 Å². The normalized spacial score (nSPS) is 18.4. The maximum absolute atomic E-state index is 13.0. The van der Waals surface area contributed by atoms with E-state index in [1.807, 2.05) is 23.1 Å². The van der Waals surface area contributed by atoms with E-state index >= 15 is 0 Å². The van der Waals surface area contributed by atoms with Gasteiger partial charge in [0.25, 0.3) is 5.91 Å². The molecule has 1 aromatic heterocycles. The summed E-state index contributed by atoms with van der Waals surface area (Å²) in [5.41, 5.74) is 2.61. The Morgan fingerprint density at radius 2 is 1.89 bits per heavy atom. The predicted octanol–water partition coefficient (Wildman–Crippen LogP) is 3.07. The number of rotatable bonds is 4. The van der Waals surface area contributed by atoms with E-state index in [0.717, 1.165) is 12.1 Å². The van der Waals surface area contributed by atoms with E-state index in [1.165, 1.54) is 5.56 Å². The molecule has 0 unspecified atom stereocenters. The van der Waals surface area contributed by atoms with E-state index in [2.05, 4.69) is 28.3 Å². The smallest absolute Gasteiger partial charge is 0.272 e. The highest BCUT2D eigenvalue weighted by Gasteiger charge is 2.41. The average molecular weight is 382 g/mol. The van der Waals surface area contributed by atoms with Gasteiger partial charge in [-0.2, -0.15) is 0 Å². The zero-order valence-electron chi connectivity index (χ0n) is 16.4. The summed E-state index contributed by atoms with van der Waals surface area (Å²) in [7, 11) is 0. The molecule has 7 nitrogen and oxygen atoms in total. The van der Waals surface area contributed by atoms with Crippen molar-refractivity contribution in [1.82, 2.24) is 14.9 Å². The van der Waals surface area contributed by atoms with Crippen molar-refractivity contribution in [3.8, 4) is 0 Å². The minimum atomic E-state index is -0.491. The number of likely N-dealkylation sites (tertiary alicyclic amines) is 1. The molecule has 1 amide bonds. The second kappa shape index (κ2) is 7.85. The fourth-order valence-corrected chi connectivity index (χ4v) is 3.83. The van der Waals surface area contributed by atoms with Crippen molar-refractivity contribution in [3.05, 3.63) is 47.4 Å². The summed E-state index contributed by atoms with van der Waals surface area (Å²) in [4.78, 5) is 23.7. The molecule has 7 heteroatoms. The highest BCUT2D eigenvalue weighted by atomic mass is 16.7. The molecule has 2 aromatic rings. The van der Waals surface area contributed by atoms with Crippen LogP contribution in [0.15, 0.2) is 30.3 Å². The lowest BCUT2D eigenvalue weighted by atomic mass is 10.0. The average Bonchev–Trinajstić information content (AvgIpc) is 3.16. The number of amides is 1. The summed E-state index contributed by atoms with van der Waals surface area (Å²) >= 11 is 0. The fraction of sp³-hybridized carbons (Fsp3) is 0.476. The summed E-state index contributed by atoms with van der Waals surface area (Å²) in [5.74, 6) is 0.630. The molecule has 2 saturated heterocycles. The summed E-state index contributed by atoms with van der Waals surface area (Å²) in [6.07, 6.45) is 2.30. The standard InChI is InChI=1S/C21H26N4O3/c1-3-16-6-4-5-7-17(16)24-19-14-18(22-15(2)23-19)20(26)25-10-8-21(9-11-25)27-12-13-28-21/h4-7,14H,3,8-13H2,1-2H3,(H,22,23,24). The minimum absolute atomic E-state index is 0.0785. The number of hydrogen-bond donors (Lipinski definition) is 1. The molecule has 1 aromatic carbocycles. The number of nitrogens with one attached hydrogen (secondary N) is 1. The molecule has 2 fully saturated rings. The number of benzene rings is 1. The van der Waals surface area contributed by atoms with Crippen LogP contribution in [0.4, 0.5) is 11.5 Å². The number of para-hydroxylation sites is 1. The van der Waals surface area contributed by atoms with E-state index in [-0.39, 0.29) is 5.91 Å². The monoisotopic (exact) mass is 382 g/mol. The van der Waals surface area contributed by atoms with Gasteiger partial charge in [0.1, 0.15) is 17.3 Å². The van der Waals surface area contributed by atoms with Crippen molar-refractivity contribution >= 4 is 17.4 Å². The van der Waals surface area contributed by atoms with E-state index in [4.69, 9.17) is 9.47 Å². The Hall–Kier alpha value is -2.51. The van der Waals surface area contributed by atoms with Crippen LogP contribution in [0.25, 0.3) is 0 Å². The minimum Gasteiger partial charge on any atom is -0.347 e. The number of anilines is 2. The van der Waals surface area contributed by atoms with Gasteiger partial charge in [0.2, 0.25) is 0 Å². The third-order valence-corrected chi connectivity index (χ3v) is 5.34. The van der Waals surface area contributed by atoms with Gasteiger partial charge < -0.3 is 19.7 Å². The Morgan fingerprint density at radius 3 is 2.61 bits per heavy atom. The number of aromatic nitrogens is 2. The molecule has 0 atom stereocenters. The van der Waals surface area contributed by atoms with Crippen molar-refractivity contribution in [2.24, 2.45) is 0 Å². The second-order valence-electron chi connectivity index (χ2n) is 7.22. The van der Waals surface area contributed by atoms with Crippen molar-refractivity contribution in [3.63, 3.8) is 0 Å². The Kier molecular flexibility index (Phi) is 5.28. The van der Waals surface area contributed by atoms with Crippen LogP contribution in [0.3, 0.4) is 0 Å². The Labute approximate surface area is 165 Å². The van der Waals surface area contributed by atoms with Crippen molar-refractivity contribution in [1.29, 1.82) is 0 Å². The van der Waals surface area contributed by atoms with Crippen LogP contribution < -0.4 is 5.32 Å². The van der Waals surface area contributed by atoms with Gasteiger partial charge in [-0.15, -0.1) is 0 Å². The van der Waals surface area contributed by atoms with Gasteiger partial charge in [-0.25, -0.2) is 9.97 Å². The first-order valence-corrected chi connectivity index (χ1v) is 9.86. The van der Waals surface area contributed by atoms with E-state index in [0.29, 0.717) is 56.5 Å². The molecule has 2 aliphatic rings. The van der Waals surface area contributed by atoms with Crippen LogP contribution in [0.2, 0.25) is 0 Å². The highest BCUT2D eigenvalue weighted by Crippen LogP contribution is 2.31. The van der Waals surface area contributed by atoms with Crippen LogP contribution in [-0.4, -0.2) is 52.9 Å². The molecule has 0 aliphatic carbocycles. The lowest BCUT2D eigenvalue weighted by Gasteiger charge is -2.37. The number of aryl methyl sites for hydroxylation is 2. The summed E-state index contributed by atoms with van der Waals surface area (Å²) in [6, 6.07) is 9.83. The Bertz CT molecular complexity index is 854. The zero-order chi connectivity index (χ0) is 19.6. The molecule has 28 heavy (non-hydrogen) atoms. The molecule has 0 bridgehead atoms. The summed E-state index contributed by atoms with van der Waals surface area (Å²) in [5, 5.41) is 3.34. The number of hydrogen-bond acceptors (Lipinski definition) is 6. The maximum Gasteiger partial charge on any atom is 0.272 e. The molecule has 2 aliphatic heterocycles. The van der Waals surface area contributed by atoms with Gasteiger partial charge in [-0.3, -0.25) is 4.79 Å². The van der Waals surface area contributed by atoms with Crippen molar-refractivity contribution in [2.45, 2.75) is 38.9 Å². The molecular formula is C21H26N4O3. The zero-order valence-corrected chi connectivity index (χ0v) is 16.4. The molecule has 0 radical (unpaired) electrons. The number of nitrogens with zero attached hydrogens (tertiary/aromatic N) is 3. The van der Waals surface area contributed by atoms with Gasteiger partial charge in [0.05, 0.1) is 13.2 Å². The molecular weight excluding hydrogens is 356 g/mol. The van der Waals surface area contributed by atoms with Crippen LogP contribution in [0, 0.1) is 6.92 Å². The van der Waals surface area contributed by atoms with Gasteiger partial charge in [-0.1, -0.05) is 25.1 Å². The van der Waals surface area contributed by atoms with Gasteiger partial charge >= 0.3 is 0 Å². The van der Waals surface area contributed by atoms with Crippen LogP contribution in [-0.2, 0) is 15.9 Å². The third kappa shape index (κ3) is 3.86.